The molecular weight excluding hydrogens is 348 g/mol. The second-order valence-electron chi connectivity index (χ2n) is 6.51. The molecule has 0 aliphatic carbocycles. The monoisotopic (exact) mass is 372 g/mol. The molecule has 2 amide bonds. The summed E-state index contributed by atoms with van der Waals surface area (Å²) in [6.45, 7) is 5.00. The summed E-state index contributed by atoms with van der Waals surface area (Å²) in [5, 5.41) is 6.44. The molecule has 1 aliphatic heterocycles. The van der Waals surface area contributed by atoms with Crippen LogP contribution in [-0.4, -0.2) is 66.1 Å². The smallest absolute Gasteiger partial charge is 0.248 e. The van der Waals surface area contributed by atoms with Crippen LogP contribution in [0, 0.1) is 6.92 Å². The van der Waals surface area contributed by atoms with E-state index in [1.165, 1.54) is 0 Å². The number of rotatable bonds is 7. The van der Waals surface area contributed by atoms with Crippen LogP contribution < -0.4 is 5.32 Å². The topological polar surface area (TPSA) is 87.9 Å². The third-order valence-electron chi connectivity index (χ3n) is 4.32. The van der Waals surface area contributed by atoms with Crippen molar-refractivity contribution in [2.45, 2.75) is 13.5 Å². The second kappa shape index (κ2) is 9.29. The Morgan fingerprint density at radius 3 is 2.59 bits per heavy atom. The second-order valence-corrected chi connectivity index (χ2v) is 6.51. The summed E-state index contributed by atoms with van der Waals surface area (Å²) < 4.78 is 10.4. The standard InChI is InChI=1S/C19H24N4O4/c1-15-11-17(21-27-15)20-18(24)12-22-7-9-23(10-8-22)19(25)14-26-13-16-5-3-2-4-6-16/h2-6,11H,7-10,12-14H2,1H3,(H,20,21,24). The van der Waals surface area contributed by atoms with Gasteiger partial charge in [0.2, 0.25) is 11.8 Å². The first-order valence-corrected chi connectivity index (χ1v) is 8.95. The van der Waals surface area contributed by atoms with Crippen LogP contribution in [-0.2, 0) is 20.9 Å². The van der Waals surface area contributed by atoms with Crippen molar-refractivity contribution in [3.63, 3.8) is 0 Å². The lowest BCUT2D eigenvalue weighted by Gasteiger charge is -2.34. The maximum absolute atomic E-state index is 12.2. The van der Waals surface area contributed by atoms with Crippen LogP contribution >= 0.6 is 0 Å². The van der Waals surface area contributed by atoms with Gasteiger partial charge in [0.15, 0.2) is 5.82 Å². The lowest BCUT2D eigenvalue weighted by atomic mass is 10.2. The number of benzene rings is 1. The van der Waals surface area contributed by atoms with Gasteiger partial charge < -0.3 is 19.5 Å². The average Bonchev–Trinajstić information content (AvgIpc) is 3.07. The van der Waals surface area contributed by atoms with E-state index in [1.54, 1.807) is 17.9 Å². The molecule has 0 unspecified atom stereocenters. The molecule has 0 bridgehead atoms. The van der Waals surface area contributed by atoms with Crippen molar-refractivity contribution in [1.29, 1.82) is 0 Å². The molecule has 1 saturated heterocycles. The van der Waals surface area contributed by atoms with Gasteiger partial charge in [-0.3, -0.25) is 14.5 Å². The molecule has 2 heterocycles. The molecule has 3 rings (SSSR count). The van der Waals surface area contributed by atoms with Gasteiger partial charge in [0.1, 0.15) is 12.4 Å². The van der Waals surface area contributed by atoms with Crippen LogP contribution in [0.3, 0.4) is 0 Å². The van der Waals surface area contributed by atoms with Gasteiger partial charge in [-0.2, -0.15) is 0 Å². The largest absolute Gasteiger partial charge is 0.367 e. The van der Waals surface area contributed by atoms with E-state index in [9.17, 15) is 9.59 Å². The zero-order valence-corrected chi connectivity index (χ0v) is 15.4. The van der Waals surface area contributed by atoms with E-state index in [0.717, 1.165) is 5.56 Å². The van der Waals surface area contributed by atoms with E-state index in [-0.39, 0.29) is 25.0 Å². The molecule has 0 radical (unpaired) electrons. The highest BCUT2D eigenvalue weighted by atomic mass is 16.5. The van der Waals surface area contributed by atoms with E-state index < -0.39 is 0 Å². The molecule has 144 valence electrons. The number of anilines is 1. The Kier molecular flexibility index (Phi) is 6.56. The fourth-order valence-electron chi connectivity index (χ4n) is 2.89. The number of carbonyl (C=O) groups is 2. The molecule has 1 fully saturated rings. The number of carbonyl (C=O) groups excluding carboxylic acids is 2. The molecule has 27 heavy (non-hydrogen) atoms. The zero-order chi connectivity index (χ0) is 19.1. The number of aryl methyl sites for hydroxylation is 1. The molecule has 8 heteroatoms. The number of amides is 2. The maximum atomic E-state index is 12.2. The Labute approximate surface area is 158 Å². The molecule has 1 aliphatic rings. The fourth-order valence-corrected chi connectivity index (χ4v) is 2.89. The van der Waals surface area contributed by atoms with Gasteiger partial charge in [-0.1, -0.05) is 35.5 Å². The van der Waals surface area contributed by atoms with Crippen LogP contribution in [0.2, 0.25) is 0 Å². The summed E-state index contributed by atoms with van der Waals surface area (Å²) in [4.78, 5) is 28.1. The number of hydrogen-bond donors (Lipinski definition) is 1. The van der Waals surface area contributed by atoms with E-state index in [2.05, 4.69) is 10.5 Å². The molecule has 2 aromatic rings. The fraction of sp³-hybridized carbons (Fsp3) is 0.421. The van der Waals surface area contributed by atoms with Crippen molar-refractivity contribution in [3.05, 3.63) is 47.7 Å². The van der Waals surface area contributed by atoms with Gasteiger partial charge >= 0.3 is 0 Å². The Balaban J connectivity index is 1.34. The number of aromatic nitrogens is 1. The minimum absolute atomic E-state index is 0.0203. The van der Waals surface area contributed by atoms with Crippen molar-refractivity contribution in [1.82, 2.24) is 15.0 Å². The first-order chi connectivity index (χ1) is 13.1. The summed E-state index contributed by atoms with van der Waals surface area (Å²) in [5.41, 5.74) is 1.04. The molecule has 1 aromatic heterocycles. The third-order valence-corrected chi connectivity index (χ3v) is 4.32. The Morgan fingerprint density at radius 2 is 1.93 bits per heavy atom. The third kappa shape index (κ3) is 5.90. The van der Waals surface area contributed by atoms with Gasteiger partial charge in [-0.25, -0.2) is 0 Å². The molecule has 1 N–H and O–H groups in total. The quantitative estimate of drug-likeness (QED) is 0.788. The summed E-state index contributed by atoms with van der Waals surface area (Å²) in [5.74, 6) is 0.899. The lowest BCUT2D eigenvalue weighted by molar-refractivity contribution is -0.138. The molecule has 0 saturated carbocycles. The van der Waals surface area contributed by atoms with Crippen molar-refractivity contribution >= 4 is 17.6 Å². The highest BCUT2D eigenvalue weighted by molar-refractivity contribution is 5.91. The van der Waals surface area contributed by atoms with Crippen molar-refractivity contribution in [2.75, 3.05) is 44.6 Å². The van der Waals surface area contributed by atoms with Gasteiger partial charge in [0, 0.05) is 32.2 Å². The summed E-state index contributed by atoms with van der Waals surface area (Å²) in [6, 6.07) is 11.4. The number of nitrogens with one attached hydrogen (secondary N) is 1. The van der Waals surface area contributed by atoms with Crippen LogP contribution in [0.4, 0.5) is 5.82 Å². The predicted molar refractivity (Wildman–Crippen MR) is 99.0 cm³/mol. The minimum Gasteiger partial charge on any atom is -0.367 e. The van der Waals surface area contributed by atoms with E-state index in [0.29, 0.717) is 44.4 Å². The Bertz CT molecular complexity index is 754. The molecule has 8 nitrogen and oxygen atoms in total. The first kappa shape index (κ1) is 19.1. The van der Waals surface area contributed by atoms with Crippen molar-refractivity contribution < 1.29 is 18.8 Å². The number of piperazine rings is 1. The van der Waals surface area contributed by atoms with Crippen LogP contribution in [0.15, 0.2) is 40.9 Å². The average molecular weight is 372 g/mol. The number of nitrogens with zero attached hydrogens (tertiary/aromatic N) is 3. The zero-order valence-electron chi connectivity index (χ0n) is 15.4. The Hall–Kier alpha value is -2.71. The van der Waals surface area contributed by atoms with Crippen molar-refractivity contribution in [3.8, 4) is 0 Å². The van der Waals surface area contributed by atoms with Gasteiger partial charge in [0.05, 0.1) is 13.2 Å². The van der Waals surface area contributed by atoms with Gasteiger partial charge in [0.25, 0.3) is 0 Å². The Morgan fingerprint density at radius 1 is 1.19 bits per heavy atom. The lowest BCUT2D eigenvalue weighted by Crippen LogP contribution is -2.51. The highest BCUT2D eigenvalue weighted by Crippen LogP contribution is 2.08. The molecule has 0 spiro atoms. The maximum Gasteiger partial charge on any atom is 0.248 e. The summed E-state index contributed by atoms with van der Waals surface area (Å²) >= 11 is 0. The normalized spacial score (nSPS) is 14.9. The van der Waals surface area contributed by atoms with Gasteiger partial charge in [-0.05, 0) is 12.5 Å². The van der Waals surface area contributed by atoms with Crippen LogP contribution in [0.25, 0.3) is 0 Å². The van der Waals surface area contributed by atoms with E-state index in [4.69, 9.17) is 9.26 Å². The highest BCUT2D eigenvalue weighted by Gasteiger charge is 2.22. The summed E-state index contributed by atoms with van der Waals surface area (Å²) in [6.07, 6.45) is 0. The SMILES string of the molecule is Cc1cc(NC(=O)CN2CCN(C(=O)COCc3ccccc3)CC2)no1. The molecule has 0 atom stereocenters. The van der Waals surface area contributed by atoms with E-state index >= 15 is 0 Å². The number of hydrogen-bond acceptors (Lipinski definition) is 6. The van der Waals surface area contributed by atoms with Gasteiger partial charge in [-0.15, -0.1) is 0 Å². The van der Waals surface area contributed by atoms with Crippen molar-refractivity contribution in [2.24, 2.45) is 0 Å². The minimum atomic E-state index is -0.144. The van der Waals surface area contributed by atoms with Crippen LogP contribution in [0.5, 0.6) is 0 Å². The van der Waals surface area contributed by atoms with E-state index in [1.807, 2.05) is 35.2 Å². The predicted octanol–water partition coefficient (Wildman–Crippen LogP) is 1.28. The summed E-state index contributed by atoms with van der Waals surface area (Å²) in [7, 11) is 0. The van der Waals surface area contributed by atoms with Crippen LogP contribution in [0.1, 0.15) is 11.3 Å². The molecule has 1 aromatic carbocycles. The number of ether oxygens (including phenoxy) is 1. The first-order valence-electron chi connectivity index (χ1n) is 8.95. The molecular formula is C19H24N4O4.